The predicted octanol–water partition coefficient (Wildman–Crippen LogP) is 4.71. The number of hydrogen-bond acceptors (Lipinski definition) is 5. The third-order valence-corrected chi connectivity index (χ3v) is 3.99. The Morgan fingerprint density at radius 3 is 2.73 bits per heavy atom. The van der Waals surface area contributed by atoms with Crippen LogP contribution in [0.3, 0.4) is 0 Å². The van der Waals surface area contributed by atoms with Crippen LogP contribution in [0.25, 0.3) is 0 Å². The van der Waals surface area contributed by atoms with Crippen LogP contribution in [-0.4, -0.2) is 16.5 Å². The van der Waals surface area contributed by atoms with Gasteiger partial charge < -0.3 is 10.6 Å². The number of para-hydroxylation sites is 1. The van der Waals surface area contributed by atoms with E-state index >= 15 is 0 Å². The van der Waals surface area contributed by atoms with Gasteiger partial charge in [-0.05, 0) is 43.2 Å². The van der Waals surface area contributed by atoms with Crippen molar-refractivity contribution in [1.82, 2.24) is 9.97 Å². The second-order valence-electron chi connectivity index (χ2n) is 5.81. The highest BCUT2D eigenvalue weighted by molar-refractivity contribution is 6.30. The summed E-state index contributed by atoms with van der Waals surface area (Å²) in [6, 6.07) is 19.1. The molecule has 0 saturated carbocycles. The van der Waals surface area contributed by atoms with Crippen LogP contribution in [0.15, 0.2) is 54.6 Å². The minimum atomic E-state index is 0.545. The highest BCUT2D eigenvalue weighted by atomic mass is 35.5. The first-order valence-corrected chi connectivity index (χ1v) is 8.62. The van der Waals surface area contributed by atoms with Crippen molar-refractivity contribution in [2.45, 2.75) is 13.3 Å². The molecular weight excluding hydrogens is 346 g/mol. The summed E-state index contributed by atoms with van der Waals surface area (Å²) in [5.41, 5.74) is 3.28. The molecule has 0 aliphatic carbocycles. The Bertz CT molecular complexity index is 949. The summed E-state index contributed by atoms with van der Waals surface area (Å²) in [6.45, 7) is 2.60. The van der Waals surface area contributed by atoms with Crippen LogP contribution in [0, 0.1) is 18.3 Å². The first-order chi connectivity index (χ1) is 12.6. The second-order valence-corrected chi connectivity index (χ2v) is 6.24. The zero-order chi connectivity index (χ0) is 18.4. The summed E-state index contributed by atoms with van der Waals surface area (Å²) >= 11 is 6.01. The summed E-state index contributed by atoms with van der Waals surface area (Å²) in [5.74, 6) is 1.19. The maximum absolute atomic E-state index is 9.21. The van der Waals surface area contributed by atoms with E-state index in [9.17, 15) is 5.26 Å². The van der Waals surface area contributed by atoms with Gasteiger partial charge in [0, 0.05) is 23.3 Å². The fourth-order valence-corrected chi connectivity index (χ4v) is 2.76. The molecule has 0 bridgehead atoms. The molecule has 2 aromatic carbocycles. The predicted molar refractivity (Wildman–Crippen MR) is 105 cm³/mol. The van der Waals surface area contributed by atoms with E-state index in [0.29, 0.717) is 23.9 Å². The van der Waals surface area contributed by atoms with Gasteiger partial charge in [0.1, 0.15) is 11.9 Å². The Balaban J connectivity index is 1.68. The van der Waals surface area contributed by atoms with Gasteiger partial charge in [-0.25, -0.2) is 4.98 Å². The number of benzene rings is 2. The van der Waals surface area contributed by atoms with E-state index in [1.165, 1.54) is 0 Å². The Morgan fingerprint density at radius 1 is 1.08 bits per heavy atom. The lowest BCUT2D eigenvalue weighted by Gasteiger charge is -2.11. The lowest BCUT2D eigenvalue weighted by atomic mass is 10.1. The highest BCUT2D eigenvalue weighted by Gasteiger charge is 2.06. The molecule has 3 aromatic rings. The number of aromatic nitrogens is 2. The molecule has 0 saturated heterocycles. The maximum Gasteiger partial charge on any atom is 0.224 e. The van der Waals surface area contributed by atoms with Gasteiger partial charge in [0.2, 0.25) is 5.95 Å². The molecule has 0 unspecified atom stereocenters. The molecule has 3 rings (SSSR count). The molecule has 0 spiro atoms. The second kappa shape index (κ2) is 8.32. The van der Waals surface area contributed by atoms with Gasteiger partial charge in [-0.2, -0.15) is 10.2 Å². The number of nitriles is 1. The standard InChI is InChI=1S/C20H18ClN5/c1-14-11-19(25-18-8-3-2-6-16(18)13-22)26-20(24-14)23-10-9-15-5-4-7-17(21)12-15/h2-8,11-12H,9-10H2,1H3,(H2,23,24,25,26). The van der Waals surface area contributed by atoms with Crippen LogP contribution < -0.4 is 10.6 Å². The summed E-state index contributed by atoms with van der Waals surface area (Å²) in [7, 11) is 0. The largest absolute Gasteiger partial charge is 0.354 e. The van der Waals surface area contributed by atoms with Gasteiger partial charge in [-0.1, -0.05) is 35.9 Å². The van der Waals surface area contributed by atoms with E-state index in [0.717, 1.165) is 28.4 Å². The summed E-state index contributed by atoms with van der Waals surface area (Å²) in [5, 5.41) is 16.4. The van der Waals surface area contributed by atoms with Gasteiger partial charge >= 0.3 is 0 Å². The van der Waals surface area contributed by atoms with E-state index < -0.39 is 0 Å². The summed E-state index contributed by atoms with van der Waals surface area (Å²) < 4.78 is 0. The van der Waals surface area contributed by atoms with Crippen LogP contribution in [0.4, 0.5) is 17.5 Å². The molecule has 5 nitrogen and oxygen atoms in total. The first-order valence-electron chi connectivity index (χ1n) is 8.24. The van der Waals surface area contributed by atoms with Gasteiger partial charge in [-0.15, -0.1) is 0 Å². The van der Waals surface area contributed by atoms with Crippen molar-refractivity contribution in [1.29, 1.82) is 5.26 Å². The van der Waals surface area contributed by atoms with Crippen LogP contribution >= 0.6 is 11.6 Å². The number of anilines is 3. The van der Waals surface area contributed by atoms with E-state index in [4.69, 9.17) is 11.6 Å². The quantitative estimate of drug-likeness (QED) is 0.663. The number of nitrogens with one attached hydrogen (secondary N) is 2. The van der Waals surface area contributed by atoms with Crippen LogP contribution in [0.5, 0.6) is 0 Å². The van der Waals surface area contributed by atoms with Crippen molar-refractivity contribution >= 4 is 29.1 Å². The van der Waals surface area contributed by atoms with Crippen LogP contribution in [0.1, 0.15) is 16.8 Å². The lowest BCUT2D eigenvalue weighted by Crippen LogP contribution is -2.09. The van der Waals surface area contributed by atoms with E-state index in [2.05, 4.69) is 26.7 Å². The molecule has 130 valence electrons. The highest BCUT2D eigenvalue weighted by Crippen LogP contribution is 2.20. The van der Waals surface area contributed by atoms with Crippen molar-refractivity contribution in [3.8, 4) is 6.07 Å². The summed E-state index contributed by atoms with van der Waals surface area (Å²) in [4.78, 5) is 8.90. The third-order valence-electron chi connectivity index (χ3n) is 3.75. The van der Waals surface area contributed by atoms with Crippen molar-refractivity contribution in [2.75, 3.05) is 17.2 Å². The number of hydrogen-bond donors (Lipinski definition) is 2. The van der Waals surface area contributed by atoms with Crippen molar-refractivity contribution in [2.24, 2.45) is 0 Å². The van der Waals surface area contributed by atoms with Gasteiger partial charge in [0.25, 0.3) is 0 Å². The molecule has 6 heteroatoms. The molecule has 0 atom stereocenters. The number of rotatable bonds is 6. The van der Waals surface area contributed by atoms with Crippen LogP contribution in [0.2, 0.25) is 5.02 Å². The monoisotopic (exact) mass is 363 g/mol. The molecule has 26 heavy (non-hydrogen) atoms. The first kappa shape index (κ1) is 17.7. The smallest absolute Gasteiger partial charge is 0.224 e. The zero-order valence-corrected chi connectivity index (χ0v) is 15.1. The topological polar surface area (TPSA) is 73.6 Å². The Hall–Kier alpha value is -3.10. The molecule has 0 fully saturated rings. The summed E-state index contributed by atoms with van der Waals surface area (Å²) in [6.07, 6.45) is 0.817. The van der Waals surface area contributed by atoms with Gasteiger partial charge in [-0.3, -0.25) is 0 Å². The SMILES string of the molecule is Cc1cc(Nc2ccccc2C#N)nc(NCCc2cccc(Cl)c2)n1. The zero-order valence-electron chi connectivity index (χ0n) is 14.3. The number of halogens is 1. The fourth-order valence-electron chi connectivity index (χ4n) is 2.55. The Morgan fingerprint density at radius 2 is 1.92 bits per heavy atom. The minimum Gasteiger partial charge on any atom is -0.354 e. The van der Waals surface area contributed by atoms with Crippen LogP contribution in [-0.2, 0) is 6.42 Å². The molecule has 0 amide bonds. The molecule has 2 N–H and O–H groups in total. The minimum absolute atomic E-state index is 0.545. The van der Waals surface area contributed by atoms with Crippen molar-refractivity contribution in [3.05, 3.63) is 76.4 Å². The molecule has 0 radical (unpaired) electrons. The molecule has 1 heterocycles. The molecule has 0 aliphatic heterocycles. The number of aryl methyl sites for hydroxylation is 1. The van der Waals surface area contributed by atoms with E-state index in [1.54, 1.807) is 6.07 Å². The van der Waals surface area contributed by atoms with E-state index in [1.807, 2.05) is 55.5 Å². The molecular formula is C20H18ClN5. The normalized spacial score (nSPS) is 10.2. The fraction of sp³-hybridized carbons (Fsp3) is 0.150. The Kier molecular flexibility index (Phi) is 5.67. The van der Waals surface area contributed by atoms with Crippen molar-refractivity contribution in [3.63, 3.8) is 0 Å². The molecule has 0 aliphatic rings. The average molecular weight is 364 g/mol. The number of nitrogens with zero attached hydrogens (tertiary/aromatic N) is 3. The maximum atomic E-state index is 9.21. The average Bonchev–Trinajstić information content (AvgIpc) is 2.62. The van der Waals surface area contributed by atoms with Gasteiger partial charge in [0.15, 0.2) is 0 Å². The third kappa shape index (κ3) is 4.71. The van der Waals surface area contributed by atoms with Crippen molar-refractivity contribution < 1.29 is 0 Å². The lowest BCUT2D eigenvalue weighted by molar-refractivity contribution is 0.976. The van der Waals surface area contributed by atoms with E-state index in [-0.39, 0.29) is 0 Å². The molecule has 1 aromatic heterocycles. The Labute approximate surface area is 157 Å². The van der Waals surface area contributed by atoms with Gasteiger partial charge in [0.05, 0.1) is 11.3 Å².